The van der Waals surface area contributed by atoms with Gasteiger partial charge < -0.3 is 5.11 Å². The summed E-state index contributed by atoms with van der Waals surface area (Å²) in [6.45, 7) is 8.62. The van der Waals surface area contributed by atoms with Crippen molar-refractivity contribution in [3.63, 3.8) is 0 Å². The molecule has 1 aromatic rings. The Hall–Kier alpha value is -0.870. The van der Waals surface area contributed by atoms with Gasteiger partial charge in [0.2, 0.25) is 0 Å². The summed E-state index contributed by atoms with van der Waals surface area (Å²) in [5.41, 5.74) is 1.27. The Morgan fingerprint density at radius 2 is 2.26 bits per heavy atom. The first-order valence-electron chi connectivity index (χ1n) is 7.57. The Bertz CT molecular complexity index is 386. The van der Waals surface area contributed by atoms with Gasteiger partial charge in [0, 0.05) is 37.9 Å². The van der Waals surface area contributed by atoms with Gasteiger partial charge in [0.25, 0.3) is 0 Å². The Balaban J connectivity index is 1.96. The minimum absolute atomic E-state index is 0.125. The molecule has 0 amide bonds. The second-order valence-electron chi connectivity index (χ2n) is 5.89. The van der Waals surface area contributed by atoms with Crippen LogP contribution in [0.25, 0.3) is 0 Å². The smallest absolute Gasteiger partial charge is 0.0764 e. The van der Waals surface area contributed by atoms with E-state index in [1.165, 1.54) is 6.42 Å². The molecule has 0 saturated carbocycles. The normalized spacial score (nSPS) is 24.8. The van der Waals surface area contributed by atoms with E-state index in [2.05, 4.69) is 29.9 Å². The third-order valence-electron chi connectivity index (χ3n) is 4.26. The Morgan fingerprint density at radius 3 is 2.89 bits per heavy atom. The van der Waals surface area contributed by atoms with Crippen LogP contribution in [-0.4, -0.2) is 39.5 Å². The fourth-order valence-electron chi connectivity index (χ4n) is 3.28. The van der Waals surface area contributed by atoms with Gasteiger partial charge in [-0.05, 0) is 38.8 Å². The molecule has 0 spiro atoms. The summed E-state index contributed by atoms with van der Waals surface area (Å²) < 4.78 is 1.98. The third kappa shape index (κ3) is 3.57. The molecule has 1 aliphatic heterocycles. The zero-order chi connectivity index (χ0) is 13.7. The van der Waals surface area contributed by atoms with Crippen LogP contribution in [0.1, 0.15) is 45.2 Å². The monoisotopic (exact) mass is 265 g/mol. The van der Waals surface area contributed by atoms with Gasteiger partial charge in [-0.15, -0.1) is 0 Å². The van der Waals surface area contributed by atoms with Gasteiger partial charge in [-0.25, -0.2) is 0 Å². The lowest BCUT2D eigenvalue weighted by atomic mass is 9.77. The molecule has 2 heterocycles. The largest absolute Gasteiger partial charge is 0.396 e. The second kappa shape index (κ2) is 6.53. The molecule has 0 bridgehead atoms. The van der Waals surface area contributed by atoms with E-state index in [9.17, 15) is 5.11 Å². The number of aliphatic hydroxyl groups is 1. The molecule has 0 radical (unpaired) electrons. The number of nitrogens with zero attached hydrogens (tertiary/aromatic N) is 3. The van der Waals surface area contributed by atoms with E-state index in [-0.39, 0.29) is 5.41 Å². The fourth-order valence-corrected chi connectivity index (χ4v) is 3.28. The van der Waals surface area contributed by atoms with Gasteiger partial charge in [-0.2, -0.15) is 5.10 Å². The van der Waals surface area contributed by atoms with Gasteiger partial charge in [0.15, 0.2) is 0 Å². The summed E-state index contributed by atoms with van der Waals surface area (Å²) in [6.07, 6.45) is 6.68. The van der Waals surface area contributed by atoms with Crippen LogP contribution in [-0.2, 0) is 13.1 Å². The number of likely N-dealkylation sites (tertiary alicyclic amines) is 1. The van der Waals surface area contributed by atoms with Crippen molar-refractivity contribution in [3.8, 4) is 0 Å². The quantitative estimate of drug-likeness (QED) is 0.858. The molecule has 108 valence electrons. The number of rotatable bonds is 6. The van der Waals surface area contributed by atoms with E-state index in [0.717, 1.165) is 51.1 Å². The summed E-state index contributed by atoms with van der Waals surface area (Å²) in [5.74, 6) is 0. The third-order valence-corrected chi connectivity index (χ3v) is 4.26. The first kappa shape index (κ1) is 14.5. The van der Waals surface area contributed by atoms with Crippen molar-refractivity contribution in [2.45, 2.75) is 52.6 Å². The fraction of sp³-hybridized carbons (Fsp3) is 0.800. The molecule has 1 fully saturated rings. The van der Waals surface area contributed by atoms with Crippen molar-refractivity contribution in [1.29, 1.82) is 0 Å². The zero-order valence-electron chi connectivity index (χ0n) is 12.3. The van der Waals surface area contributed by atoms with Crippen molar-refractivity contribution in [1.82, 2.24) is 14.7 Å². The lowest BCUT2D eigenvalue weighted by Crippen LogP contribution is -2.45. The molecule has 0 aliphatic carbocycles. The molecule has 0 unspecified atom stereocenters. The summed E-state index contributed by atoms with van der Waals surface area (Å²) in [7, 11) is 0. The molecular weight excluding hydrogens is 238 g/mol. The van der Waals surface area contributed by atoms with Crippen LogP contribution in [0, 0.1) is 5.41 Å². The zero-order valence-corrected chi connectivity index (χ0v) is 12.3. The van der Waals surface area contributed by atoms with Crippen molar-refractivity contribution < 1.29 is 5.11 Å². The Labute approximate surface area is 116 Å². The lowest BCUT2D eigenvalue weighted by Gasteiger charge is -2.41. The second-order valence-corrected chi connectivity index (χ2v) is 5.89. The van der Waals surface area contributed by atoms with Gasteiger partial charge in [-0.1, -0.05) is 13.3 Å². The van der Waals surface area contributed by atoms with E-state index in [0.29, 0.717) is 6.61 Å². The molecule has 1 aromatic heterocycles. The van der Waals surface area contributed by atoms with Gasteiger partial charge in [0.05, 0.1) is 5.69 Å². The molecular formula is C15H27N3O. The predicted molar refractivity (Wildman–Crippen MR) is 76.8 cm³/mol. The highest BCUT2D eigenvalue weighted by Gasteiger charge is 2.34. The van der Waals surface area contributed by atoms with Crippen LogP contribution in [0.4, 0.5) is 0 Å². The molecule has 0 aromatic carbocycles. The number of aliphatic hydroxyl groups excluding tert-OH is 1. The van der Waals surface area contributed by atoms with E-state index in [4.69, 9.17) is 0 Å². The predicted octanol–water partition coefficient (Wildman–Crippen LogP) is 2.28. The average Bonchev–Trinajstić information content (AvgIpc) is 2.87. The topological polar surface area (TPSA) is 41.3 Å². The van der Waals surface area contributed by atoms with Gasteiger partial charge >= 0.3 is 0 Å². The molecule has 1 atom stereocenters. The summed E-state index contributed by atoms with van der Waals surface area (Å²) in [5, 5.41) is 14.3. The molecule has 4 nitrogen and oxygen atoms in total. The first-order valence-corrected chi connectivity index (χ1v) is 7.57. The van der Waals surface area contributed by atoms with Crippen LogP contribution in [0.2, 0.25) is 0 Å². The summed E-state index contributed by atoms with van der Waals surface area (Å²) in [4.78, 5) is 2.46. The van der Waals surface area contributed by atoms with E-state index in [1.807, 2.05) is 10.9 Å². The molecule has 1 saturated heterocycles. The number of hydrogen-bond acceptors (Lipinski definition) is 3. The molecule has 19 heavy (non-hydrogen) atoms. The maximum absolute atomic E-state index is 9.75. The molecule has 2 rings (SSSR count). The first-order chi connectivity index (χ1) is 9.21. The Morgan fingerprint density at radius 1 is 1.42 bits per heavy atom. The summed E-state index contributed by atoms with van der Waals surface area (Å²) in [6, 6.07) is 2.11. The van der Waals surface area contributed by atoms with Crippen molar-refractivity contribution in [3.05, 3.63) is 18.0 Å². The van der Waals surface area contributed by atoms with Crippen molar-refractivity contribution >= 4 is 0 Å². The van der Waals surface area contributed by atoms with Crippen molar-refractivity contribution in [2.24, 2.45) is 5.41 Å². The number of aryl methyl sites for hydroxylation is 1. The SMILES string of the molecule is CCC[C@]1(CO)CCCN(Cc2ccn(CC)n2)C1. The van der Waals surface area contributed by atoms with E-state index in [1.54, 1.807) is 0 Å². The van der Waals surface area contributed by atoms with Crippen LogP contribution in [0.5, 0.6) is 0 Å². The maximum atomic E-state index is 9.75. The molecule has 1 N–H and O–H groups in total. The van der Waals surface area contributed by atoms with Crippen molar-refractivity contribution in [2.75, 3.05) is 19.7 Å². The standard InChI is InChI=1S/C15H27N3O/c1-3-7-15(13-19)8-5-9-17(12-15)11-14-6-10-18(4-2)16-14/h6,10,19H,3-5,7-9,11-13H2,1-2H3/t15-/m0/s1. The Kier molecular flexibility index (Phi) is 4.99. The van der Waals surface area contributed by atoms with E-state index >= 15 is 0 Å². The number of piperidine rings is 1. The minimum Gasteiger partial charge on any atom is -0.396 e. The molecule has 1 aliphatic rings. The van der Waals surface area contributed by atoms with Gasteiger partial charge in [0.1, 0.15) is 0 Å². The summed E-state index contributed by atoms with van der Waals surface area (Å²) >= 11 is 0. The average molecular weight is 265 g/mol. The van der Waals surface area contributed by atoms with Gasteiger partial charge in [-0.3, -0.25) is 9.58 Å². The van der Waals surface area contributed by atoms with Crippen LogP contribution < -0.4 is 0 Å². The highest BCUT2D eigenvalue weighted by Crippen LogP contribution is 2.34. The lowest BCUT2D eigenvalue weighted by molar-refractivity contribution is 0.0211. The van der Waals surface area contributed by atoms with Crippen LogP contribution in [0.3, 0.4) is 0 Å². The highest BCUT2D eigenvalue weighted by molar-refractivity contribution is 5.00. The maximum Gasteiger partial charge on any atom is 0.0764 e. The van der Waals surface area contributed by atoms with Crippen LogP contribution >= 0.6 is 0 Å². The minimum atomic E-state index is 0.125. The van der Waals surface area contributed by atoms with E-state index < -0.39 is 0 Å². The highest BCUT2D eigenvalue weighted by atomic mass is 16.3. The number of aromatic nitrogens is 2. The number of hydrogen-bond donors (Lipinski definition) is 1. The molecule has 4 heteroatoms. The van der Waals surface area contributed by atoms with Crippen LogP contribution in [0.15, 0.2) is 12.3 Å².